The van der Waals surface area contributed by atoms with Crippen LogP contribution in [0.2, 0.25) is 0 Å². The number of unbranched alkanes of at least 4 members (excludes halogenated alkanes) is 1. The predicted molar refractivity (Wildman–Crippen MR) is 79.8 cm³/mol. The number of carbonyl (C=O) groups excluding carboxylic acids is 1. The zero-order valence-electron chi connectivity index (χ0n) is 12.4. The fourth-order valence-corrected chi connectivity index (χ4v) is 1.70. The van der Waals surface area contributed by atoms with E-state index in [2.05, 4.69) is 13.8 Å². The molecule has 0 radical (unpaired) electrons. The standard InChI is InChI=1S/C16H25NO3/c1-3-5-11-20-16(18)15(17)12-13-6-8-14(9-7-13)19-10-4-2/h6-9,15H,3-5,10-12,17H2,1-2H3. The van der Waals surface area contributed by atoms with Crippen LogP contribution >= 0.6 is 0 Å². The van der Waals surface area contributed by atoms with Crippen molar-refractivity contribution in [2.45, 2.75) is 45.6 Å². The maximum atomic E-state index is 11.7. The van der Waals surface area contributed by atoms with E-state index < -0.39 is 6.04 Å². The monoisotopic (exact) mass is 279 g/mol. The molecule has 0 amide bonds. The molecule has 0 aliphatic rings. The van der Waals surface area contributed by atoms with Crippen molar-refractivity contribution in [1.29, 1.82) is 0 Å². The summed E-state index contributed by atoms with van der Waals surface area (Å²) < 4.78 is 10.6. The molecule has 4 heteroatoms. The fourth-order valence-electron chi connectivity index (χ4n) is 1.70. The number of ether oxygens (including phenoxy) is 2. The molecule has 4 nitrogen and oxygen atoms in total. The topological polar surface area (TPSA) is 61.5 Å². The van der Waals surface area contributed by atoms with Gasteiger partial charge in [-0.3, -0.25) is 4.79 Å². The van der Waals surface area contributed by atoms with Crippen molar-refractivity contribution in [1.82, 2.24) is 0 Å². The Morgan fingerprint density at radius 3 is 2.45 bits per heavy atom. The van der Waals surface area contributed by atoms with Crippen LogP contribution in [0, 0.1) is 0 Å². The summed E-state index contributed by atoms with van der Waals surface area (Å²) in [6.07, 6.45) is 3.35. The van der Waals surface area contributed by atoms with E-state index in [0.29, 0.717) is 19.6 Å². The fraction of sp³-hybridized carbons (Fsp3) is 0.562. The molecule has 0 heterocycles. The Morgan fingerprint density at radius 2 is 1.85 bits per heavy atom. The first-order valence-electron chi connectivity index (χ1n) is 7.31. The Hall–Kier alpha value is -1.55. The van der Waals surface area contributed by atoms with Crippen molar-refractivity contribution in [2.24, 2.45) is 5.73 Å². The molecule has 0 aromatic heterocycles. The molecule has 1 unspecified atom stereocenters. The molecule has 1 atom stereocenters. The molecule has 0 bridgehead atoms. The molecular formula is C16H25NO3. The lowest BCUT2D eigenvalue weighted by Crippen LogP contribution is -2.34. The minimum Gasteiger partial charge on any atom is -0.494 e. The highest BCUT2D eigenvalue weighted by molar-refractivity contribution is 5.75. The van der Waals surface area contributed by atoms with Gasteiger partial charge < -0.3 is 15.2 Å². The van der Waals surface area contributed by atoms with Gasteiger partial charge in [0.1, 0.15) is 11.8 Å². The molecule has 20 heavy (non-hydrogen) atoms. The molecular weight excluding hydrogens is 254 g/mol. The lowest BCUT2D eigenvalue weighted by atomic mass is 10.1. The first-order valence-corrected chi connectivity index (χ1v) is 7.31. The van der Waals surface area contributed by atoms with Crippen LogP contribution < -0.4 is 10.5 Å². The number of carbonyl (C=O) groups is 1. The first-order chi connectivity index (χ1) is 9.67. The molecule has 0 fully saturated rings. The molecule has 112 valence electrons. The average molecular weight is 279 g/mol. The molecule has 0 aliphatic heterocycles. The van der Waals surface area contributed by atoms with E-state index in [1.165, 1.54) is 0 Å². The Kier molecular flexibility index (Phi) is 7.73. The minimum atomic E-state index is -0.603. The summed E-state index contributed by atoms with van der Waals surface area (Å²) in [6, 6.07) is 7.07. The molecule has 0 spiro atoms. The van der Waals surface area contributed by atoms with Crippen LogP contribution in [0.4, 0.5) is 0 Å². The maximum Gasteiger partial charge on any atom is 0.323 e. The highest BCUT2D eigenvalue weighted by Crippen LogP contribution is 2.13. The molecule has 1 aromatic carbocycles. The predicted octanol–water partition coefficient (Wildman–Crippen LogP) is 2.69. The van der Waals surface area contributed by atoms with Gasteiger partial charge in [0.05, 0.1) is 13.2 Å². The number of rotatable bonds is 9. The Balaban J connectivity index is 2.40. The quantitative estimate of drug-likeness (QED) is 0.557. The highest BCUT2D eigenvalue weighted by atomic mass is 16.5. The summed E-state index contributed by atoms with van der Waals surface area (Å²) >= 11 is 0. The Bertz CT molecular complexity index is 389. The number of nitrogens with two attached hydrogens (primary N) is 1. The summed E-state index contributed by atoms with van der Waals surface area (Å²) in [4.78, 5) is 11.7. The van der Waals surface area contributed by atoms with E-state index in [1.807, 2.05) is 24.3 Å². The summed E-state index contributed by atoms with van der Waals surface area (Å²) in [5.74, 6) is 0.513. The van der Waals surface area contributed by atoms with E-state index in [0.717, 1.165) is 30.6 Å². The molecule has 2 N–H and O–H groups in total. The van der Waals surface area contributed by atoms with E-state index >= 15 is 0 Å². The van der Waals surface area contributed by atoms with E-state index in [1.54, 1.807) is 0 Å². The summed E-state index contributed by atoms with van der Waals surface area (Å²) in [5, 5.41) is 0. The van der Waals surface area contributed by atoms with Gasteiger partial charge in [-0.05, 0) is 37.0 Å². The largest absolute Gasteiger partial charge is 0.494 e. The second-order valence-electron chi connectivity index (χ2n) is 4.82. The van der Waals surface area contributed by atoms with E-state index in [-0.39, 0.29) is 5.97 Å². The normalized spacial score (nSPS) is 11.9. The molecule has 0 aliphatic carbocycles. The van der Waals surface area contributed by atoms with Crippen LogP contribution in [-0.4, -0.2) is 25.2 Å². The SMILES string of the molecule is CCCCOC(=O)C(N)Cc1ccc(OCCC)cc1. The second kappa shape index (κ2) is 9.37. The molecule has 0 saturated heterocycles. The minimum absolute atomic E-state index is 0.329. The summed E-state index contributed by atoms with van der Waals surface area (Å²) in [5.41, 5.74) is 6.85. The third-order valence-corrected chi connectivity index (χ3v) is 2.90. The van der Waals surface area contributed by atoms with Crippen molar-refractivity contribution in [3.8, 4) is 5.75 Å². The zero-order valence-corrected chi connectivity index (χ0v) is 12.4. The van der Waals surface area contributed by atoms with Gasteiger partial charge in [0.15, 0.2) is 0 Å². The summed E-state index contributed by atoms with van der Waals surface area (Å²) in [7, 11) is 0. The molecule has 1 aromatic rings. The van der Waals surface area contributed by atoms with Gasteiger partial charge in [-0.15, -0.1) is 0 Å². The van der Waals surface area contributed by atoms with Crippen LogP contribution in [0.5, 0.6) is 5.75 Å². The lowest BCUT2D eigenvalue weighted by molar-refractivity contribution is -0.145. The van der Waals surface area contributed by atoms with Gasteiger partial charge in [-0.25, -0.2) is 0 Å². The first kappa shape index (κ1) is 16.5. The van der Waals surface area contributed by atoms with Crippen molar-refractivity contribution in [3.63, 3.8) is 0 Å². The van der Waals surface area contributed by atoms with Crippen molar-refractivity contribution in [3.05, 3.63) is 29.8 Å². The van der Waals surface area contributed by atoms with Crippen molar-refractivity contribution < 1.29 is 14.3 Å². The van der Waals surface area contributed by atoms with Crippen LogP contribution in [-0.2, 0) is 16.0 Å². The van der Waals surface area contributed by atoms with Crippen LogP contribution in [0.25, 0.3) is 0 Å². The van der Waals surface area contributed by atoms with E-state index in [4.69, 9.17) is 15.2 Å². The second-order valence-corrected chi connectivity index (χ2v) is 4.82. The van der Waals surface area contributed by atoms with Gasteiger partial charge in [-0.1, -0.05) is 32.4 Å². The van der Waals surface area contributed by atoms with E-state index in [9.17, 15) is 4.79 Å². The van der Waals surface area contributed by atoms with Gasteiger partial charge >= 0.3 is 5.97 Å². The smallest absolute Gasteiger partial charge is 0.323 e. The third kappa shape index (κ3) is 6.06. The van der Waals surface area contributed by atoms with Gasteiger partial charge in [0.2, 0.25) is 0 Å². The van der Waals surface area contributed by atoms with Gasteiger partial charge in [-0.2, -0.15) is 0 Å². The van der Waals surface area contributed by atoms with Crippen molar-refractivity contribution in [2.75, 3.05) is 13.2 Å². The van der Waals surface area contributed by atoms with Gasteiger partial charge in [0.25, 0.3) is 0 Å². The number of hydrogen-bond donors (Lipinski definition) is 1. The lowest BCUT2D eigenvalue weighted by Gasteiger charge is -2.12. The average Bonchev–Trinajstić information content (AvgIpc) is 2.46. The van der Waals surface area contributed by atoms with Crippen LogP contribution in [0.3, 0.4) is 0 Å². The van der Waals surface area contributed by atoms with Crippen LogP contribution in [0.1, 0.15) is 38.7 Å². The molecule has 0 saturated carbocycles. The third-order valence-electron chi connectivity index (χ3n) is 2.90. The van der Waals surface area contributed by atoms with Crippen molar-refractivity contribution >= 4 is 5.97 Å². The maximum absolute atomic E-state index is 11.7. The number of esters is 1. The zero-order chi connectivity index (χ0) is 14.8. The number of benzene rings is 1. The Labute approximate surface area is 121 Å². The van der Waals surface area contributed by atoms with Gasteiger partial charge in [0, 0.05) is 0 Å². The number of hydrogen-bond acceptors (Lipinski definition) is 4. The summed E-state index contributed by atoms with van der Waals surface area (Å²) in [6.45, 7) is 5.28. The Morgan fingerprint density at radius 1 is 1.15 bits per heavy atom. The van der Waals surface area contributed by atoms with Crippen LogP contribution in [0.15, 0.2) is 24.3 Å². The highest BCUT2D eigenvalue weighted by Gasteiger charge is 2.15. The molecule has 1 rings (SSSR count).